The monoisotopic (exact) mass is 349 g/mol. The third-order valence-corrected chi connectivity index (χ3v) is 4.94. The minimum Gasteiger partial charge on any atom is -0.332 e. The van der Waals surface area contributed by atoms with Gasteiger partial charge in [-0.3, -0.25) is 14.7 Å². The summed E-state index contributed by atoms with van der Waals surface area (Å²) in [6, 6.07) is 5.92. The molecule has 1 fully saturated rings. The first-order valence-electron chi connectivity index (χ1n) is 9.15. The molecule has 4 rings (SSSR count). The molecule has 0 amide bonds. The summed E-state index contributed by atoms with van der Waals surface area (Å²) >= 11 is 0. The summed E-state index contributed by atoms with van der Waals surface area (Å²) in [6.45, 7) is 2.60. The van der Waals surface area contributed by atoms with Crippen LogP contribution in [0.4, 0.5) is 0 Å². The zero-order chi connectivity index (χ0) is 17.9. The Kier molecular flexibility index (Phi) is 4.75. The van der Waals surface area contributed by atoms with E-state index in [4.69, 9.17) is 4.98 Å². The average molecular weight is 349 g/mol. The Morgan fingerprint density at radius 2 is 2.00 bits per heavy atom. The molecule has 26 heavy (non-hydrogen) atoms. The number of ketones is 1. The van der Waals surface area contributed by atoms with Gasteiger partial charge in [0.1, 0.15) is 0 Å². The first-order chi connectivity index (χ1) is 12.7. The number of fused-ring (bicyclic) bond motifs is 1. The summed E-state index contributed by atoms with van der Waals surface area (Å²) in [4.78, 5) is 28.0. The summed E-state index contributed by atoms with van der Waals surface area (Å²) in [5.41, 5.74) is 3.48. The van der Waals surface area contributed by atoms with Crippen LogP contribution in [0.2, 0.25) is 0 Å². The summed E-state index contributed by atoms with van der Waals surface area (Å²) in [5, 5.41) is 0.975. The third kappa shape index (κ3) is 3.65. The first-order valence-corrected chi connectivity index (χ1v) is 9.15. The number of aromatic nitrogens is 4. The van der Waals surface area contributed by atoms with Crippen LogP contribution in [-0.4, -0.2) is 49.8 Å². The number of rotatable bonds is 5. The van der Waals surface area contributed by atoms with Crippen molar-refractivity contribution in [3.63, 3.8) is 0 Å². The van der Waals surface area contributed by atoms with Crippen molar-refractivity contribution in [1.29, 1.82) is 0 Å². The predicted molar refractivity (Wildman–Crippen MR) is 101 cm³/mol. The number of imidazole rings is 1. The minimum atomic E-state index is 0.224. The van der Waals surface area contributed by atoms with Crippen LogP contribution in [-0.2, 0) is 18.3 Å². The van der Waals surface area contributed by atoms with E-state index in [1.54, 1.807) is 18.7 Å². The fourth-order valence-corrected chi connectivity index (χ4v) is 3.53. The molecule has 0 saturated carbocycles. The van der Waals surface area contributed by atoms with Gasteiger partial charge in [0, 0.05) is 24.3 Å². The predicted octanol–water partition coefficient (Wildman–Crippen LogP) is 2.63. The third-order valence-electron chi connectivity index (χ3n) is 4.94. The molecule has 4 heterocycles. The van der Waals surface area contributed by atoms with E-state index in [2.05, 4.69) is 14.9 Å². The number of likely N-dealkylation sites (tertiary alicyclic amines) is 1. The SMILES string of the molecule is Cn1cncc1-c1ccc2cnc(CC(=O)CN3CCCCC3)cc2n1. The number of nitrogens with zero attached hydrogens (tertiary/aromatic N) is 5. The Balaban J connectivity index is 1.52. The van der Waals surface area contributed by atoms with E-state index in [0.717, 1.165) is 41.1 Å². The molecule has 3 aromatic rings. The van der Waals surface area contributed by atoms with Crippen LogP contribution in [0.25, 0.3) is 22.3 Å². The van der Waals surface area contributed by atoms with Crippen molar-refractivity contribution in [2.45, 2.75) is 25.7 Å². The maximum atomic E-state index is 12.4. The number of aryl methyl sites for hydroxylation is 1. The molecule has 6 heteroatoms. The molecule has 0 aromatic carbocycles. The van der Waals surface area contributed by atoms with Crippen LogP contribution in [0.5, 0.6) is 0 Å². The molecule has 6 nitrogen and oxygen atoms in total. The lowest BCUT2D eigenvalue weighted by Crippen LogP contribution is -2.35. The molecule has 1 aliphatic heterocycles. The minimum absolute atomic E-state index is 0.224. The maximum absolute atomic E-state index is 12.4. The molecule has 1 saturated heterocycles. The van der Waals surface area contributed by atoms with Gasteiger partial charge in [0.15, 0.2) is 5.78 Å². The Labute approximate surface area is 152 Å². The number of pyridine rings is 2. The second-order valence-electron chi connectivity index (χ2n) is 7.01. The van der Waals surface area contributed by atoms with Crippen LogP contribution in [0.1, 0.15) is 25.0 Å². The van der Waals surface area contributed by atoms with Gasteiger partial charge in [-0.15, -0.1) is 0 Å². The normalized spacial score (nSPS) is 15.4. The van der Waals surface area contributed by atoms with Gasteiger partial charge in [0.2, 0.25) is 0 Å². The fraction of sp³-hybridized carbons (Fsp3) is 0.400. The van der Waals surface area contributed by atoms with Crippen molar-refractivity contribution in [2.75, 3.05) is 19.6 Å². The summed E-state index contributed by atoms with van der Waals surface area (Å²) < 4.78 is 1.94. The van der Waals surface area contributed by atoms with Gasteiger partial charge in [0.05, 0.1) is 42.4 Å². The van der Waals surface area contributed by atoms with Crippen LogP contribution >= 0.6 is 0 Å². The van der Waals surface area contributed by atoms with Crippen LogP contribution in [0, 0.1) is 0 Å². The van der Waals surface area contributed by atoms with Crippen molar-refractivity contribution in [3.8, 4) is 11.4 Å². The number of Topliss-reactive ketones (excluding diaryl/α,β-unsaturated/α-hetero) is 1. The van der Waals surface area contributed by atoms with Crippen LogP contribution < -0.4 is 0 Å². The van der Waals surface area contributed by atoms with Gasteiger partial charge in [-0.05, 0) is 44.1 Å². The van der Waals surface area contributed by atoms with Gasteiger partial charge in [-0.2, -0.15) is 0 Å². The first kappa shape index (κ1) is 16.8. The van der Waals surface area contributed by atoms with E-state index in [0.29, 0.717) is 13.0 Å². The molecule has 1 aliphatic rings. The van der Waals surface area contributed by atoms with Gasteiger partial charge in [-0.1, -0.05) is 6.42 Å². The maximum Gasteiger partial charge on any atom is 0.152 e. The lowest BCUT2D eigenvalue weighted by molar-refractivity contribution is -0.119. The Bertz CT molecular complexity index is 927. The quantitative estimate of drug-likeness (QED) is 0.708. The Morgan fingerprint density at radius 1 is 1.15 bits per heavy atom. The van der Waals surface area contributed by atoms with Crippen molar-refractivity contribution in [3.05, 3.63) is 42.6 Å². The van der Waals surface area contributed by atoms with E-state index in [1.165, 1.54) is 19.3 Å². The zero-order valence-electron chi connectivity index (χ0n) is 15.1. The second-order valence-corrected chi connectivity index (χ2v) is 7.01. The van der Waals surface area contributed by atoms with E-state index >= 15 is 0 Å². The van der Waals surface area contributed by atoms with E-state index < -0.39 is 0 Å². The van der Waals surface area contributed by atoms with E-state index in [1.807, 2.05) is 29.8 Å². The number of carbonyl (C=O) groups is 1. The molecule has 0 radical (unpaired) electrons. The Morgan fingerprint density at radius 3 is 2.77 bits per heavy atom. The topological polar surface area (TPSA) is 63.9 Å². The van der Waals surface area contributed by atoms with Crippen molar-refractivity contribution >= 4 is 16.7 Å². The average Bonchev–Trinajstić information content (AvgIpc) is 3.08. The highest BCUT2D eigenvalue weighted by Gasteiger charge is 2.15. The van der Waals surface area contributed by atoms with E-state index in [9.17, 15) is 4.79 Å². The standard InChI is InChI=1S/C20H23N5O/c1-24-14-21-12-20(24)18-6-5-15-11-22-16(10-19(15)23-18)9-17(26)13-25-7-3-2-4-8-25/h5-6,10-12,14H,2-4,7-9,13H2,1H3. The van der Waals surface area contributed by atoms with Crippen LogP contribution in [0.15, 0.2) is 36.9 Å². The lowest BCUT2D eigenvalue weighted by atomic mass is 10.1. The molecule has 0 unspecified atom stereocenters. The van der Waals surface area contributed by atoms with Crippen LogP contribution in [0.3, 0.4) is 0 Å². The molecule has 0 N–H and O–H groups in total. The molecular weight excluding hydrogens is 326 g/mol. The number of hydrogen-bond acceptors (Lipinski definition) is 5. The molecule has 0 aliphatic carbocycles. The highest BCUT2D eigenvalue weighted by atomic mass is 16.1. The second kappa shape index (κ2) is 7.33. The Hall–Kier alpha value is -2.60. The molecule has 0 bridgehead atoms. The highest BCUT2D eigenvalue weighted by Crippen LogP contribution is 2.20. The van der Waals surface area contributed by atoms with Crippen molar-refractivity contribution < 1.29 is 4.79 Å². The molecular formula is C20H23N5O. The summed E-state index contributed by atoms with van der Waals surface area (Å²) in [6.07, 6.45) is 9.41. The molecule has 0 atom stereocenters. The van der Waals surface area contributed by atoms with Gasteiger partial charge >= 0.3 is 0 Å². The number of hydrogen-bond donors (Lipinski definition) is 0. The van der Waals surface area contributed by atoms with E-state index in [-0.39, 0.29) is 5.78 Å². The van der Waals surface area contributed by atoms with Gasteiger partial charge in [-0.25, -0.2) is 9.97 Å². The summed E-state index contributed by atoms with van der Waals surface area (Å²) in [5.74, 6) is 0.224. The van der Waals surface area contributed by atoms with Gasteiger partial charge in [0.25, 0.3) is 0 Å². The smallest absolute Gasteiger partial charge is 0.152 e. The van der Waals surface area contributed by atoms with Crippen molar-refractivity contribution in [2.24, 2.45) is 7.05 Å². The number of piperidine rings is 1. The van der Waals surface area contributed by atoms with Crippen molar-refractivity contribution in [1.82, 2.24) is 24.4 Å². The fourth-order valence-electron chi connectivity index (χ4n) is 3.53. The highest BCUT2D eigenvalue weighted by molar-refractivity contribution is 5.85. The summed E-state index contributed by atoms with van der Waals surface area (Å²) in [7, 11) is 1.95. The molecule has 0 spiro atoms. The largest absolute Gasteiger partial charge is 0.332 e. The lowest BCUT2D eigenvalue weighted by Gasteiger charge is -2.25. The van der Waals surface area contributed by atoms with Gasteiger partial charge < -0.3 is 4.57 Å². The molecule has 3 aromatic heterocycles. The zero-order valence-corrected chi connectivity index (χ0v) is 15.1. The molecule has 134 valence electrons. The number of carbonyl (C=O) groups excluding carboxylic acids is 1.